The molecule has 0 aliphatic carbocycles. The number of hydrogen-bond acceptors (Lipinski definition) is 15. The molecule has 6 rings (SSSR count). The fourth-order valence-electron chi connectivity index (χ4n) is 10.7. The standard InChI is InChI=1S/C58H87F3N8O12S/c1-9-43(71)37(5)51-44(79-51)31-34(2)15-14-16-35(3)50-36(4)20-25-46(56(6,78)27-26-40(70)32-48(73)81-50)80-55(77)62-28-13-12-17-41(63-52(74)38-21-23-39(24-22-38)57(66-67-57)58(59,60)61)53(75)69(8)30-29-68(7)47(72)19-11-10-18-45-49-42(33-82-45)64-54(76)65-49/h14-16,20-25,34,36-37,40-46,49-51,66-67,70-71,78H,9-13,17-19,26-33H2,1-8H3,(H,62,77)(H,63,74)(H2,64,65,76)/b15-14+,25-20+,35-16+/t34?,36?,37?,40?,41-,42?,43?,44?,45?,46?,49?,50?,51?,56?/m0/s1. The fraction of sp³-hybridized carbons (Fsp3) is 0.690. The first-order chi connectivity index (χ1) is 38.7. The Hall–Kier alpha value is -5.24. The van der Waals surface area contributed by atoms with E-state index in [1.165, 1.54) is 36.1 Å². The van der Waals surface area contributed by atoms with E-state index in [0.717, 1.165) is 25.0 Å². The van der Waals surface area contributed by atoms with Crippen LogP contribution in [0.15, 0.2) is 60.2 Å². The van der Waals surface area contributed by atoms with Gasteiger partial charge in [0.25, 0.3) is 5.91 Å². The van der Waals surface area contributed by atoms with Crippen LogP contribution in [0.3, 0.4) is 0 Å². The van der Waals surface area contributed by atoms with Crippen molar-refractivity contribution in [3.63, 3.8) is 0 Å². The van der Waals surface area contributed by atoms with Crippen molar-refractivity contribution in [2.75, 3.05) is 39.5 Å². The molecule has 0 spiro atoms. The molecule has 4 saturated heterocycles. The Kier molecular flexibility index (Phi) is 23.7. The summed E-state index contributed by atoms with van der Waals surface area (Å²) in [6, 6.07) is 3.77. The number of halogens is 3. The lowest BCUT2D eigenvalue weighted by molar-refractivity contribution is -0.165. The Balaban J connectivity index is 1.02. The molecule has 1 aromatic rings. The molecule has 9 N–H and O–H groups in total. The van der Waals surface area contributed by atoms with Crippen LogP contribution in [0.25, 0.3) is 0 Å². The monoisotopic (exact) mass is 1180 g/mol. The summed E-state index contributed by atoms with van der Waals surface area (Å²) in [6.07, 6.45) is 4.53. The van der Waals surface area contributed by atoms with Gasteiger partial charge >= 0.3 is 24.3 Å². The number of fused-ring (bicyclic) bond motifs is 1. The van der Waals surface area contributed by atoms with E-state index < -0.39 is 77.7 Å². The van der Waals surface area contributed by atoms with Gasteiger partial charge in [0.05, 0.1) is 42.9 Å². The summed E-state index contributed by atoms with van der Waals surface area (Å²) in [5.41, 5.74) is 0.736. The average Bonchev–Trinajstić information content (AvgIpc) is 3.28. The van der Waals surface area contributed by atoms with Gasteiger partial charge < -0.3 is 60.6 Å². The average molecular weight is 1180 g/mol. The van der Waals surface area contributed by atoms with Gasteiger partial charge in [-0.05, 0) is 107 Å². The molecule has 13 unspecified atom stereocenters. The van der Waals surface area contributed by atoms with Crippen molar-refractivity contribution in [2.24, 2.45) is 17.8 Å². The van der Waals surface area contributed by atoms with Crippen molar-refractivity contribution >= 4 is 47.6 Å². The summed E-state index contributed by atoms with van der Waals surface area (Å²) in [6.45, 7) is 11.5. The van der Waals surface area contributed by atoms with Crippen molar-refractivity contribution in [2.45, 2.75) is 196 Å². The highest BCUT2D eigenvalue weighted by molar-refractivity contribution is 8.00. The lowest BCUT2D eigenvalue weighted by Gasteiger charge is -2.32. The number of benzene rings is 1. The Bertz CT molecular complexity index is 2450. The molecule has 458 valence electrons. The van der Waals surface area contributed by atoms with Gasteiger partial charge in [-0.15, -0.1) is 0 Å². The second kappa shape index (κ2) is 29.5. The predicted octanol–water partition coefficient (Wildman–Crippen LogP) is 5.62. The molecule has 4 fully saturated rings. The van der Waals surface area contributed by atoms with Gasteiger partial charge in [0.15, 0.2) is 6.10 Å². The van der Waals surface area contributed by atoms with Gasteiger partial charge in [-0.1, -0.05) is 70.6 Å². The van der Waals surface area contributed by atoms with Crippen LogP contribution in [0.4, 0.5) is 22.8 Å². The molecular formula is C58H87F3N8O12S. The molecule has 0 radical (unpaired) electrons. The quantitative estimate of drug-likeness (QED) is 0.0136. The minimum atomic E-state index is -4.65. The number of alkyl halides is 3. The molecule has 82 heavy (non-hydrogen) atoms. The lowest BCUT2D eigenvalue weighted by Crippen LogP contribution is -2.49. The zero-order valence-electron chi connectivity index (χ0n) is 48.5. The van der Waals surface area contributed by atoms with Crippen LogP contribution < -0.4 is 32.1 Å². The Morgan fingerprint density at radius 1 is 1.01 bits per heavy atom. The smallest absolute Gasteiger partial charge is 0.426 e. The highest BCUT2D eigenvalue weighted by Gasteiger charge is 2.65. The number of esters is 1. The van der Waals surface area contributed by atoms with E-state index in [1.54, 1.807) is 31.1 Å². The van der Waals surface area contributed by atoms with Gasteiger partial charge in [0.1, 0.15) is 17.7 Å². The molecule has 5 aliphatic heterocycles. The highest BCUT2D eigenvalue weighted by atomic mass is 32.2. The molecule has 14 atom stereocenters. The number of unbranched alkanes of at least 4 members (excludes halogenated alkanes) is 2. The van der Waals surface area contributed by atoms with E-state index >= 15 is 0 Å². The van der Waals surface area contributed by atoms with E-state index in [0.29, 0.717) is 37.7 Å². The number of amides is 6. The number of allylic oxidation sites excluding steroid dienone is 3. The van der Waals surface area contributed by atoms with Crippen molar-refractivity contribution in [3.05, 3.63) is 71.3 Å². The first-order valence-corrected chi connectivity index (χ1v) is 29.9. The molecule has 20 nitrogen and oxygen atoms in total. The number of hydrazine groups is 1. The van der Waals surface area contributed by atoms with Crippen LogP contribution >= 0.6 is 11.8 Å². The van der Waals surface area contributed by atoms with E-state index in [4.69, 9.17) is 14.2 Å². The maximum atomic E-state index is 14.1. The number of urea groups is 1. The second-order valence-electron chi connectivity index (χ2n) is 23.2. The molecule has 24 heteroatoms. The van der Waals surface area contributed by atoms with Gasteiger partial charge in [-0.25, -0.2) is 20.4 Å². The Morgan fingerprint density at radius 2 is 1.72 bits per heavy atom. The van der Waals surface area contributed by atoms with Crippen molar-refractivity contribution < 1.29 is 71.5 Å². The molecule has 6 amide bonds. The summed E-state index contributed by atoms with van der Waals surface area (Å²) < 4.78 is 58.8. The number of carbonyl (C=O) groups excluding carboxylic acids is 6. The normalized spacial score (nSPS) is 29.0. The number of hydrogen-bond donors (Lipinski definition) is 9. The summed E-state index contributed by atoms with van der Waals surface area (Å²) in [5.74, 6) is -1.28. The Labute approximate surface area is 483 Å². The van der Waals surface area contributed by atoms with E-state index in [9.17, 15) is 57.3 Å². The third-order valence-corrected chi connectivity index (χ3v) is 17.9. The number of epoxide rings is 1. The second-order valence-corrected chi connectivity index (χ2v) is 24.5. The number of nitrogens with zero attached hydrogens (tertiary/aromatic N) is 2. The predicted molar refractivity (Wildman–Crippen MR) is 303 cm³/mol. The van der Waals surface area contributed by atoms with Crippen LogP contribution in [0.5, 0.6) is 0 Å². The van der Waals surface area contributed by atoms with Crippen molar-refractivity contribution in [1.82, 2.24) is 41.9 Å². The fourth-order valence-corrected chi connectivity index (χ4v) is 12.3. The largest absolute Gasteiger partial charge is 0.457 e. The minimum Gasteiger partial charge on any atom is -0.457 e. The number of aliphatic hydroxyl groups excluding tert-OH is 2. The summed E-state index contributed by atoms with van der Waals surface area (Å²) in [7, 11) is 3.20. The number of likely N-dealkylation sites (N-methyl/N-ethyl adjacent to an activating group) is 2. The van der Waals surface area contributed by atoms with Gasteiger partial charge in [-0.3, -0.25) is 19.2 Å². The molecule has 5 aliphatic rings. The van der Waals surface area contributed by atoms with Gasteiger partial charge in [0.2, 0.25) is 17.5 Å². The molecule has 5 heterocycles. The SMILES string of the molecule is CCC(O)C(C)C1OC1CC(C)/C=C/C=C(\C)C1OC(=O)CC(O)CCC(C)(O)C(OC(=O)NCCCC[C@H](NC(=O)c2ccc(C3(C(F)(F)F)NN3)cc2)C(=O)N(C)CCN(C)C(=O)CCCCC2SCC3NC(=O)NC32)/C=C/C1C. The summed E-state index contributed by atoms with van der Waals surface area (Å²) in [5, 5.41) is 44.3. The van der Waals surface area contributed by atoms with Crippen LogP contribution in [0.1, 0.15) is 135 Å². The van der Waals surface area contributed by atoms with Gasteiger partial charge in [0, 0.05) is 68.6 Å². The third-order valence-electron chi connectivity index (χ3n) is 16.4. The molecule has 1 aromatic carbocycles. The van der Waals surface area contributed by atoms with Crippen LogP contribution in [-0.2, 0) is 34.3 Å². The number of aliphatic hydroxyl groups is 3. The third kappa shape index (κ3) is 18.4. The number of nitrogens with one attached hydrogen (secondary N) is 6. The number of thioether (sulfide) groups is 1. The first-order valence-electron chi connectivity index (χ1n) is 28.8. The summed E-state index contributed by atoms with van der Waals surface area (Å²) >= 11 is 1.81. The molecule has 0 bridgehead atoms. The Morgan fingerprint density at radius 3 is 2.40 bits per heavy atom. The van der Waals surface area contributed by atoms with Crippen LogP contribution in [0.2, 0.25) is 0 Å². The van der Waals surface area contributed by atoms with Crippen LogP contribution in [0, 0.1) is 17.8 Å². The van der Waals surface area contributed by atoms with E-state index in [-0.39, 0.29) is 110 Å². The zero-order valence-corrected chi connectivity index (χ0v) is 49.3. The number of alkyl carbamates (subject to hydrolysis) is 1. The lowest BCUT2D eigenvalue weighted by atomic mass is 9.88. The topological polar surface area (TPSA) is 293 Å². The molecular weight excluding hydrogens is 1090 g/mol. The number of ether oxygens (including phenoxy) is 3. The highest BCUT2D eigenvalue weighted by Crippen LogP contribution is 2.42. The maximum Gasteiger partial charge on any atom is 0.426 e. The van der Waals surface area contributed by atoms with E-state index in [2.05, 4.69) is 39.0 Å². The number of carbonyl (C=O) groups is 6. The maximum absolute atomic E-state index is 14.1. The van der Waals surface area contributed by atoms with Crippen LogP contribution in [-0.4, -0.2) is 172 Å². The summed E-state index contributed by atoms with van der Waals surface area (Å²) in [4.78, 5) is 81.9. The van der Waals surface area contributed by atoms with Gasteiger partial charge in [-0.2, -0.15) is 24.9 Å². The van der Waals surface area contributed by atoms with E-state index in [1.807, 2.05) is 57.7 Å². The molecule has 0 aromatic heterocycles. The van der Waals surface area contributed by atoms with Crippen molar-refractivity contribution in [1.29, 1.82) is 0 Å². The number of rotatable bonds is 26. The first kappa shape index (κ1) is 65.9. The number of cyclic esters (lactones) is 1. The minimum absolute atomic E-state index is 0.00234. The molecule has 0 saturated carbocycles. The zero-order chi connectivity index (χ0) is 60.1. The van der Waals surface area contributed by atoms with Crippen molar-refractivity contribution in [3.8, 4) is 0 Å².